The third-order valence-electron chi connectivity index (χ3n) is 5.31. The van der Waals surface area contributed by atoms with E-state index >= 15 is 0 Å². The summed E-state index contributed by atoms with van der Waals surface area (Å²) in [7, 11) is 0. The van der Waals surface area contributed by atoms with Gasteiger partial charge in [-0.2, -0.15) is 13.2 Å². The molecule has 29 heavy (non-hydrogen) atoms. The van der Waals surface area contributed by atoms with Crippen LogP contribution in [-0.4, -0.2) is 59.8 Å². The zero-order chi connectivity index (χ0) is 21.3. The van der Waals surface area contributed by atoms with Crippen LogP contribution in [0.3, 0.4) is 0 Å². The monoisotopic (exact) mass is 418 g/mol. The summed E-state index contributed by atoms with van der Waals surface area (Å²) in [6.07, 6.45) is -4.35. The summed E-state index contributed by atoms with van der Waals surface area (Å²) in [6, 6.07) is 2.64. The molecule has 5 nitrogen and oxygen atoms in total. The molecule has 2 aliphatic heterocycles. The maximum atomic E-state index is 13.8. The van der Waals surface area contributed by atoms with Crippen LogP contribution in [0.25, 0.3) is 0 Å². The van der Waals surface area contributed by atoms with E-state index in [0.717, 1.165) is 18.2 Å². The Labute approximate surface area is 163 Å². The van der Waals surface area contributed by atoms with E-state index in [2.05, 4.69) is 0 Å². The van der Waals surface area contributed by atoms with Crippen molar-refractivity contribution in [3.8, 4) is 0 Å². The molecule has 0 aliphatic carbocycles. The lowest BCUT2D eigenvalue weighted by atomic mass is 9.88. The van der Waals surface area contributed by atoms with Crippen molar-refractivity contribution in [1.82, 2.24) is 9.80 Å². The molecule has 2 saturated heterocycles. The lowest BCUT2D eigenvalue weighted by molar-refractivity contribution is -0.157. The fourth-order valence-electron chi connectivity index (χ4n) is 3.83. The number of benzene rings is 1. The molecule has 2 aliphatic rings. The number of hydrogen-bond acceptors (Lipinski definition) is 3. The Balaban J connectivity index is 1.57. The number of piperidine rings is 1. The molecule has 10 heteroatoms. The zero-order valence-corrected chi connectivity index (χ0v) is 15.3. The van der Waals surface area contributed by atoms with Crippen molar-refractivity contribution >= 4 is 17.6 Å². The Morgan fingerprint density at radius 3 is 2.34 bits per heavy atom. The molecule has 0 N–H and O–H groups in total. The Morgan fingerprint density at radius 1 is 1.07 bits per heavy atom. The van der Waals surface area contributed by atoms with E-state index in [1.807, 2.05) is 0 Å². The van der Waals surface area contributed by atoms with Crippen molar-refractivity contribution in [2.75, 3.05) is 26.2 Å². The van der Waals surface area contributed by atoms with E-state index in [1.54, 1.807) is 0 Å². The van der Waals surface area contributed by atoms with Crippen LogP contribution in [0.4, 0.5) is 22.0 Å². The fourth-order valence-corrected chi connectivity index (χ4v) is 3.83. The van der Waals surface area contributed by atoms with Crippen LogP contribution >= 0.6 is 0 Å². The SMILES string of the molecule is O=C(c1cc(F)ccc1F)C1CCN(C(=O)C2CC(=O)N(CC(F)(F)F)C2)CC1. The van der Waals surface area contributed by atoms with Crippen LogP contribution in [0.2, 0.25) is 0 Å². The van der Waals surface area contributed by atoms with Crippen LogP contribution in [0.5, 0.6) is 0 Å². The van der Waals surface area contributed by atoms with Gasteiger partial charge in [0.2, 0.25) is 11.8 Å². The van der Waals surface area contributed by atoms with Gasteiger partial charge in [-0.3, -0.25) is 14.4 Å². The van der Waals surface area contributed by atoms with Gasteiger partial charge in [0, 0.05) is 32.0 Å². The van der Waals surface area contributed by atoms with Crippen molar-refractivity contribution in [2.45, 2.75) is 25.4 Å². The molecule has 3 rings (SSSR count). The Morgan fingerprint density at radius 2 is 1.72 bits per heavy atom. The molecule has 2 amide bonds. The normalized spacial score (nSPS) is 21.0. The molecular formula is C19H19F5N2O3. The number of Topliss-reactive ketones (excluding diaryl/α,β-unsaturated/α-hetero) is 1. The molecule has 2 fully saturated rings. The molecule has 1 unspecified atom stereocenters. The van der Waals surface area contributed by atoms with Gasteiger partial charge >= 0.3 is 6.18 Å². The lowest BCUT2D eigenvalue weighted by Gasteiger charge is -2.33. The average molecular weight is 418 g/mol. The third kappa shape index (κ3) is 4.91. The molecule has 158 valence electrons. The van der Waals surface area contributed by atoms with Crippen molar-refractivity contribution < 1.29 is 36.3 Å². The molecule has 0 spiro atoms. The minimum atomic E-state index is -4.53. The predicted molar refractivity (Wildman–Crippen MR) is 90.7 cm³/mol. The standard InChI is InChI=1S/C19H19F5N2O3/c20-13-1-2-15(21)14(8-13)17(28)11-3-5-25(6-4-11)18(29)12-7-16(27)26(9-12)10-19(22,23)24/h1-2,8,11-12H,3-7,9-10H2. The minimum Gasteiger partial charge on any atom is -0.342 e. The van der Waals surface area contributed by atoms with Gasteiger partial charge in [-0.25, -0.2) is 8.78 Å². The van der Waals surface area contributed by atoms with Crippen LogP contribution in [-0.2, 0) is 9.59 Å². The Bertz CT molecular complexity index is 819. The number of nitrogens with zero attached hydrogens (tertiary/aromatic N) is 2. The first-order chi connectivity index (χ1) is 13.5. The summed E-state index contributed by atoms with van der Waals surface area (Å²) in [5.41, 5.74) is -0.334. The second-order valence-electron chi connectivity index (χ2n) is 7.38. The van der Waals surface area contributed by atoms with E-state index in [4.69, 9.17) is 0 Å². The molecule has 1 aromatic carbocycles. The number of carbonyl (C=O) groups is 3. The molecule has 1 atom stereocenters. The molecule has 2 heterocycles. The highest BCUT2D eigenvalue weighted by atomic mass is 19.4. The Hall–Kier alpha value is -2.52. The van der Waals surface area contributed by atoms with Crippen molar-refractivity contribution in [3.63, 3.8) is 0 Å². The highest BCUT2D eigenvalue weighted by molar-refractivity contribution is 5.98. The highest BCUT2D eigenvalue weighted by Gasteiger charge is 2.42. The fraction of sp³-hybridized carbons (Fsp3) is 0.526. The molecule has 1 aromatic rings. The van der Waals surface area contributed by atoms with Crippen molar-refractivity contribution in [3.05, 3.63) is 35.4 Å². The van der Waals surface area contributed by atoms with Gasteiger partial charge in [-0.15, -0.1) is 0 Å². The van der Waals surface area contributed by atoms with Gasteiger partial charge in [0.25, 0.3) is 0 Å². The summed E-state index contributed by atoms with van der Waals surface area (Å²) in [4.78, 5) is 38.8. The van der Waals surface area contributed by atoms with Gasteiger partial charge in [0.15, 0.2) is 5.78 Å². The summed E-state index contributed by atoms with van der Waals surface area (Å²) in [5.74, 6) is -4.65. The first kappa shape index (κ1) is 21.2. The summed E-state index contributed by atoms with van der Waals surface area (Å²) in [5, 5.41) is 0. The second-order valence-corrected chi connectivity index (χ2v) is 7.38. The lowest BCUT2D eigenvalue weighted by Crippen LogP contribution is -2.44. The molecular weight excluding hydrogens is 399 g/mol. The first-order valence-corrected chi connectivity index (χ1v) is 9.17. The number of alkyl halides is 3. The number of carbonyl (C=O) groups excluding carboxylic acids is 3. The van der Waals surface area contributed by atoms with Gasteiger partial charge < -0.3 is 9.80 Å². The van der Waals surface area contributed by atoms with E-state index in [9.17, 15) is 36.3 Å². The zero-order valence-electron chi connectivity index (χ0n) is 15.3. The molecule has 0 radical (unpaired) electrons. The maximum absolute atomic E-state index is 13.8. The second kappa shape index (κ2) is 8.08. The van der Waals surface area contributed by atoms with Crippen LogP contribution in [0.1, 0.15) is 29.6 Å². The number of likely N-dealkylation sites (tertiary alicyclic amines) is 2. The summed E-state index contributed by atoms with van der Waals surface area (Å²) in [6.45, 7) is -1.35. The van der Waals surface area contributed by atoms with Gasteiger partial charge in [0.1, 0.15) is 18.2 Å². The first-order valence-electron chi connectivity index (χ1n) is 9.17. The number of hydrogen-bond donors (Lipinski definition) is 0. The molecule has 0 bridgehead atoms. The number of ketones is 1. The summed E-state index contributed by atoms with van der Waals surface area (Å²) >= 11 is 0. The Kier molecular flexibility index (Phi) is 5.90. The third-order valence-corrected chi connectivity index (χ3v) is 5.31. The van der Waals surface area contributed by atoms with Gasteiger partial charge in [-0.1, -0.05) is 0 Å². The van der Waals surface area contributed by atoms with Crippen LogP contribution in [0, 0.1) is 23.5 Å². The van der Waals surface area contributed by atoms with Crippen LogP contribution < -0.4 is 0 Å². The topological polar surface area (TPSA) is 57.7 Å². The van der Waals surface area contributed by atoms with Gasteiger partial charge in [-0.05, 0) is 31.0 Å². The summed E-state index contributed by atoms with van der Waals surface area (Å²) < 4.78 is 64.6. The highest BCUT2D eigenvalue weighted by Crippen LogP contribution is 2.28. The van der Waals surface area contributed by atoms with E-state index in [-0.39, 0.29) is 44.5 Å². The molecule has 0 aromatic heterocycles. The van der Waals surface area contributed by atoms with Crippen molar-refractivity contribution in [2.24, 2.45) is 11.8 Å². The van der Waals surface area contributed by atoms with Crippen molar-refractivity contribution in [1.29, 1.82) is 0 Å². The number of rotatable bonds is 4. The van der Waals surface area contributed by atoms with Gasteiger partial charge in [0.05, 0.1) is 11.5 Å². The van der Waals surface area contributed by atoms with E-state index < -0.39 is 53.8 Å². The number of amides is 2. The molecule has 0 saturated carbocycles. The number of halogens is 5. The maximum Gasteiger partial charge on any atom is 0.406 e. The predicted octanol–water partition coefficient (Wildman–Crippen LogP) is 2.80. The van der Waals surface area contributed by atoms with E-state index in [1.165, 1.54) is 4.90 Å². The quantitative estimate of drug-likeness (QED) is 0.558. The van der Waals surface area contributed by atoms with Crippen LogP contribution in [0.15, 0.2) is 18.2 Å². The minimum absolute atomic E-state index is 0.163. The smallest absolute Gasteiger partial charge is 0.342 e. The average Bonchev–Trinajstić information content (AvgIpc) is 3.01. The van der Waals surface area contributed by atoms with E-state index in [0.29, 0.717) is 4.90 Å². The largest absolute Gasteiger partial charge is 0.406 e.